The normalized spacial score (nSPS) is 13.3. The van der Waals surface area contributed by atoms with E-state index in [1.807, 2.05) is 24.3 Å². The van der Waals surface area contributed by atoms with Gasteiger partial charge in [-0.05, 0) is 58.9 Å². The third kappa shape index (κ3) is 2.17. The third-order valence-electron chi connectivity index (χ3n) is 5.58. The van der Waals surface area contributed by atoms with Gasteiger partial charge >= 0.3 is 0 Å². The number of hydrogen-bond donors (Lipinski definition) is 0. The summed E-state index contributed by atoms with van der Waals surface area (Å²) in [7, 11) is 0. The Hall–Kier alpha value is -3.17. The van der Waals surface area contributed by atoms with Gasteiger partial charge in [-0.1, -0.05) is 60.1 Å². The molecule has 2 aliphatic heterocycles. The molecule has 0 unspecified atom stereocenters. The lowest BCUT2D eigenvalue weighted by Gasteiger charge is -2.39. The molecule has 0 atom stereocenters. The Balaban J connectivity index is 1.71. The highest BCUT2D eigenvalue weighted by atomic mass is 35.5. The van der Waals surface area contributed by atoms with Crippen molar-refractivity contribution in [3.8, 4) is 11.5 Å². The van der Waals surface area contributed by atoms with Crippen LogP contribution in [0.5, 0.6) is 11.5 Å². The van der Waals surface area contributed by atoms with Crippen molar-refractivity contribution in [1.82, 2.24) is 0 Å². The summed E-state index contributed by atoms with van der Waals surface area (Å²) < 4.78 is 6.29. The van der Waals surface area contributed by atoms with Crippen LogP contribution in [0.3, 0.4) is 0 Å². The Morgan fingerprint density at radius 3 is 2.36 bits per heavy atom. The van der Waals surface area contributed by atoms with Gasteiger partial charge in [0.05, 0.1) is 0 Å². The van der Waals surface area contributed by atoms with E-state index in [1.54, 1.807) is 0 Å². The Morgan fingerprint density at radius 1 is 0.679 bits per heavy atom. The van der Waals surface area contributed by atoms with Crippen molar-refractivity contribution in [2.75, 3.05) is 4.90 Å². The van der Waals surface area contributed by atoms with E-state index in [2.05, 4.69) is 71.6 Å². The molecule has 0 saturated carbocycles. The van der Waals surface area contributed by atoms with E-state index in [0.29, 0.717) is 0 Å². The van der Waals surface area contributed by atoms with Gasteiger partial charge in [-0.3, -0.25) is 0 Å². The first-order valence-corrected chi connectivity index (χ1v) is 9.73. The van der Waals surface area contributed by atoms with Crippen molar-refractivity contribution < 1.29 is 4.74 Å². The molecular weight excluding hydrogens is 365 g/mol. The van der Waals surface area contributed by atoms with Crippen LogP contribution in [0.4, 0.5) is 17.1 Å². The molecule has 0 amide bonds. The van der Waals surface area contributed by atoms with Crippen molar-refractivity contribution >= 4 is 51.8 Å². The molecule has 2 aliphatic rings. The van der Waals surface area contributed by atoms with Crippen LogP contribution in [-0.4, -0.2) is 6.71 Å². The van der Waals surface area contributed by atoms with Crippen molar-refractivity contribution in [3.63, 3.8) is 0 Å². The lowest BCUT2D eigenvalue weighted by atomic mass is 9.34. The van der Waals surface area contributed by atoms with Crippen LogP contribution in [0.25, 0.3) is 0 Å². The van der Waals surface area contributed by atoms with Gasteiger partial charge in [0.15, 0.2) is 0 Å². The summed E-state index contributed by atoms with van der Waals surface area (Å²) in [4.78, 5) is 2.29. The highest BCUT2D eigenvalue weighted by Crippen LogP contribution is 2.40. The Kier molecular flexibility index (Phi) is 3.35. The molecule has 0 saturated heterocycles. The summed E-state index contributed by atoms with van der Waals surface area (Å²) in [5.74, 6) is 1.84. The fourth-order valence-electron chi connectivity index (χ4n) is 4.46. The molecule has 0 spiro atoms. The first-order chi connectivity index (χ1) is 13.8. The largest absolute Gasteiger partial charge is 0.458 e. The zero-order valence-corrected chi connectivity index (χ0v) is 15.7. The molecule has 0 bridgehead atoms. The molecule has 4 heteroatoms. The number of anilines is 3. The summed E-state index contributed by atoms with van der Waals surface area (Å²) in [6, 6.07) is 31.2. The topological polar surface area (TPSA) is 12.5 Å². The van der Waals surface area contributed by atoms with E-state index in [-0.39, 0.29) is 6.71 Å². The van der Waals surface area contributed by atoms with E-state index in [1.165, 1.54) is 16.4 Å². The quantitative estimate of drug-likeness (QED) is 0.382. The molecule has 0 aliphatic carbocycles. The van der Waals surface area contributed by atoms with Crippen molar-refractivity contribution in [3.05, 3.63) is 96.0 Å². The molecule has 132 valence electrons. The van der Waals surface area contributed by atoms with Gasteiger partial charge in [0.1, 0.15) is 11.5 Å². The van der Waals surface area contributed by atoms with Crippen LogP contribution >= 0.6 is 11.6 Å². The van der Waals surface area contributed by atoms with Crippen LogP contribution in [-0.2, 0) is 0 Å². The van der Waals surface area contributed by atoms with Crippen molar-refractivity contribution in [2.45, 2.75) is 0 Å². The van der Waals surface area contributed by atoms with Gasteiger partial charge in [0.2, 0.25) is 0 Å². The Morgan fingerprint density at radius 2 is 1.46 bits per heavy atom. The molecule has 0 fully saturated rings. The number of rotatable bonds is 1. The van der Waals surface area contributed by atoms with Gasteiger partial charge in [-0.15, -0.1) is 0 Å². The molecule has 0 aromatic heterocycles. The molecule has 2 nitrogen and oxygen atoms in total. The number of fused-ring (bicyclic) bond motifs is 4. The van der Waals surface area contributed by atoms with E-state index < -0.39 is 0 Å². The first-order valence-electron chi connectivity index (χ1n) is 9.35. The number of nitrogens with zero attached hydrogens (tertiary/aromatic N) is 1. The second-order valence-electron chi connectivity index (χ2n) is 7.14. The van der Waals surface area contributed by atoms with Crippen LogP contribution in [0.1, 0.15) is 0 Å². The summed E-state index contributed by atoms with van der Waals surface area (Å²) in [5.41, 5.74) is 7.00. The third-order valence-corrected chi connectivity index (χ3v) is 5.82. The molecule has 6 rings (SSSR count). The van der Waals surface area contributed by atoms with E-state index in [4.69, 9.17) is 16.3 Å². The van der Waals surface area contributed by atoms with Gasteiger partial charge in [-0.25, -0.2) is 0 Å². The average molecular weight is 380 g/mol. The van der Waals surface area contributed by atoms with Gasteiger partial charge in [-0.2, -0.15) is 0 Å². The first kappa shape index (κ1) is 15.9. The minimum absolute atomic E-state index is 0.128. The minimum atomic E-state index is 0.128. The summed E-state index contributed by atoms with van der Waals surface area (Å²) >= 11 is 6.44. The molecule has 28 heavy (non-hydrogen) atoms. The Bertz CT molecular complexity index is 1220. The number of benzene rings is 4. The summed E-state index contributed by atoms with van der Waals surface area (Å²) in [6.45, 7) is 0.128. The number of para-hydroxylation sites is 2. The smallest absolute Gasteiger partial charge is 0.256 e. The predicted octanol–water partition coefficient (Wildman–Crippen LogP) is 4.75. The Labute approximate surface area is 169 Å². The highest BCUT2D eigenvalue weighted by Gasteiger charge is 2.41. The average Bonchev–Trinajstić information content (AvgIpc) is 2.74. The number of halogens is 1. The molecule has 2 heterocycles. The van der Waals surface area contributed by atoms with Crippen LogP contribution in [0.2, 0.25) is 5.02 Å². The second-order valence-corrected chi connectivity index (χ2v) is 7.57. The van der Waals surface area contributed by atoms with Gasteiger partial charge in [0, 0.05) is 22.1 Å². The van der Waals surface area contributed by atoms with Crippen LogP contribution < -0.4 is 26.0 Å². The molecule has 0 radical (unpaired) electrons. The number of ether oxygens (including phenoxy) is 1. The lowest BCUT2D eigenvalue weighted by molar-refractivity contribution is 0.487. The molecular formula is C24H15BClNO. The van der Waals surface area contributed by atoms with Crippen molar-refractivity contribution in [2.24, 2.45) is 0 Å². The fraction of sp³-hybridized carbons (Fsp3) is 0. The van der Waals surface area contributed by atoms with Gasteiger partial charge < -0.3 is 9.64 Å². The second kappa shape index (κ2) is 5.92. The van der Waals surface area contributed by atoms with Crippen LogP contribution in [0, 0.1) is 0 Å². The highest BCUT2D eigenvalue weighted by molar-refractivity contribution is 6.99. The summed E-state index contributed by atoms with van der Waals surface area (Å²) in [5, 5.41) is 0.736. The van der Waals surface area contributed by atoms with Crippen LogP contribution in [0.15, 0.2) is 91.0 Å². The molecule has 4 aromatic rings. The molecule has 4 aromatic carbocycles. The van der Waals surface area contributed by atoms with E-state index in [9.17, 15) is 0 Å². The number of hydrogen-bond acceptors (Lipinski definition) is 2. The van der Waals surface area contributed by atoms with Crippen molar-refractivity contribution in [1.29, 1.82) is 0 Å². The predicted molar refractivity (Wildman–Crippen MR) is 117 cm³/mol. The summed E-state index contributed by atoms with van der Waals surface area (Å²) in [6.07, 6.45) is 0. The van der Waals surface area contributed by atoms with Gasteiger partial charge in [0.25, 0.3) is 6.71 Å². The van der Waals surface area contributed by atoms with E-state index in [0.717, 1.165) is 33.6 Å². The standard InChI is InChI=1S/C24H15BClNO/c26-16-13-14-18-21(15-16)27(17-7-2-1-3-8-17)20-10-6-12-23-24(20)25(18)19-9-4-5-11-22(19)28-23/h1-15H. The molecule has 0 N–H and O–H groups in total. The SMILES string of the molecule is Clc1ccc2c(c1)N(c1ccccc1)c1cccc3c1B2c1ccccc1O3. The zero-order valence-electron chi connectivity index (χ0n) is 15.0. The fourth-order valence-corrected chi connectivity index (χ4v) is 4.62. The maximum absolute atomic E-state index is 6.44. The van der Waals surface area contributed by atoms with E-state index >= 15 is 0 Å². The maximum atomic E-state index is 6.44. The maximum Gasteiger partial charge on any atom is 0.256 e. The monoisotopic (exact) mass is 379 g/mol. The lowest BCUT2D eigenvalue weighted by Crippen LogP contribution is -2.59. The minimum Gasteiger partial charge on any atom is -0.458 e. The zero-order chi connectivity index (χ0) is 18.7.